The molecule has 22 heavy (non-hydrogen) atoms. The van der Waals surface area contributed by atoms with E-state index < -0.39 is 5.97 Å². The second-order valence-electron chi connectivity index (χ2n) is 6.16. The number of fused-ring (bicyclic) bond motifs is 1. The second kappa shape index (κ2) is 5.91. The zero-order valence-corrected chi connectivity index (χ0v) is 13.1. The lowest BCUT2D eigenvalue weighted by atomic mass is 9.98. The number of aromatic carboxylic acids is 1. The van der Waals surface area contributed by atoms with Crippen LogP contribution in [0.25, 0.3) is 10.9 Å². The highest BCUT2D eigenvalue weighted by Crippen LogP contribution is 2.33. The number of benzene rings is 1. The van der Waals surface area contributed by atoms with E-state index in [2.05, 4.69) is 4.98 Å². The van der Waals surface area contributed by atoms with Crippen molar-refractivity contribution in [2.75, 3.05) is 19.0 Å². The molecule has 1 heterocycles. The molecule has 0 radical (unpaired) electrons. The van der Waals surface area contributed by atoms with Crippen LogP contribution >= 0.6 is 0 Å². The van der Waals surface area contributed by atoms with Crippen molar-refractivity contribution in [3.05, 3.63) is 23.9 Å². The Morgan fingerprint density at radius 3 is 2.59 bits per heavy atom. The number of carboxylic acids is 1. The number of carbonyl (C=O) groups is 1. The molecular weight excluding hydrogens is 280 g/mol. The molecule has 0 saturated heterocycles. The summed E-state index contributed by atoms with van der Waals surface area (Å²) in [7, 11) is 3.90. The number of H-pyrrole nitrogens is 1. The highest BCUT2D eigenvalue weighted by molar-refractivity contribution is 6.00. The van der Waals surface area contributed by atoms with E-state index in [1.165, 1.54) is 19.3 Å². The third kappa shape index (κ3) is 2.89. The lowest BCUT2D eigenvalue weighted by Gasteiger charge is -2.24. The SMILES string of the molecule is CN(C)c1cc(OC2CCCCC2)cc2[nH]c(C(=O)O)cc12. The Morgan fingerprint density at radius 2 is 1.95 bits per heavy atom. The minimum absolute atomic E-state index is 0.202. The van der Waals surface area contributed by atoms with Crippen LogP contribution in [0.15, 0.2) is 18.2 Å². The van der Waals surface area contributed by atoms with Crippen molar-refractivity contribution in [1.82, 2.24) is 4.98 Å². The molecule has 5 nitrogen and oxygen atoms in total. The number of carboxylic acid groups (broad SMARTS) is 1. The Labute approximate surface area is 129 Å². The van der Waals surface area contributed by atoms with Gasteiger partial charge in [-0.3, -0.25) is 0 Å². The number of nitrogens with one attached hydrogen (secondary N) is 1. The van der Waals surface area contributed by atoms with Gasteiger partial charge in [-0.15, -0.1) is 0 Å². The van der Waals surface area contributed by atoms with Crippen molar-refractivity contribution in [2.45, 2.75) is 38.2 Å². The molecule has 0 aliphatic heterocycles. The predicted molar refractivity (Wildman–Crippen MR) is 87.1 cm³/mol. The first kappa shape index (κ1) is 14.8. The maximum absolute atomic E-state index is 11.2. The molecule has 0 amide bonds. The lowest BCUT2D eigenvalue weighted by molar-refractivity contribution is 0.0691. The first-order valence-corrected chi connectivity index (χ1v) is 7.78. The molecule has 1 fully saturated rings. The monoisotopic (exact) mass is 302 g/mol. The maximum Gasteiger partial charge on any atom is 0.352 e. The Morgan fingerprint density at radius 1 is 1.23 bits per heavy atom. The average molecular weight is 302 g/mol. The number of aromatic amines is 1. The highest BCUT2D eigenvalue weighted by Gasteiger charge is 2.18. The van der Waals surface area contributed by atoms with Crippen molar-refractivity contribution in [3.63, 3.8) is 0 Å². The number of ether oxygens (including phenoxy) is 1. The molecule has 0 spiro atoms. The van der Waals surface area contributed by atoms with Crippen molar-refractivity contribution in [2.24, 2.45) is 0 Å². The van der Waals surface area contributed by atoms with Gasteiger partial charge in [0.25, 0.3) is 0 Å². The van der Waals surface area contributed by atoms with Crippen LogP contribution in [0.4, 0.5) is 5.69 Å². The van der Waals surface area contributed by atoms with Gasteiger partial charge in [-0.05, 0) is 31.7 Å². The Hall–Kier alpha value is -2.17. The Bertz CT molecular complexity index is 685. The number of hydrogen-bond acceptors (Lipinski definition) is 3. The van der Waals surface area contributed by atoms with E-state index >= 15 is 0 Å². The van der Waals surface area contributed by atoms with Gasteiger partial charge in [0.1, 0.15) is 11.4 Å². The number of anilines is 1. The molecule has 0 unspecified atom stereocenters. The predicted octanol–water partition coefficient (Wildman–Crippen LogP) is 3.64. The molecule has 3 rings (SSSR count). The molecule has 1 aliphatic rings. The number of hydrogen-bond donors (Lipinski definition) is 2. The summed E-state index contributed by atoms with van der Waals surface area (Å²) in [5, 5.41) is 10.1. The Balaban J connectivity index is 1.98. The third-order valence-corrected chi connectivity index (χ3v) is 4.26. The summed E-state index contributed by atoms with van der Waals surface area (Å²) in [5.41, 5.74) is 1.97. The van der Waals surface area contributed by atoms with Crippen molar-refractivity contribution >= 4 is 22.6 Å². The molecule has 1 aliphatic carbocycles. The number of nitrogens with zero attached hydrogens (tertiary/aromatic N) is 1. The van der Waals surface area contributed by atoms with E-state index in [4.69, 9.17) is 9.84 Å². The molecule has 118 valence electrons. The standard InChI is InChI=1S/C17H22N2O3/c1-19(2)16-9-12(22-11-6-4-3-5-7-11)8-14-13(16)10-15(18-14)17(20)21/h8-11,18H,3-7H2,1-2H3,(H,20,21). The average Bonchev–Trinajstić information content (AvgIpc) is 2.91. The first-order valence-electron chi connectivity index (χ1n) is 7.78. The van der Waals surface area contributed by atoms with Crippen molar-refractivity contribution < 1.29 is 14.6 Å². The van der Waals surface area contributed by atoms with E-state index in [-0.39, 0.29) is 11.8 Å². The zero-order chi connectivity index (χ0) is 15.7. The smallest absolute Gasteiger partial charge is 0.352 e. The van der Waals surface area contributed by atoms with E-state index in [1.807, 2.05) is 31.1 Å². The van der Waals surface area contributed by atoms with Crippen LogP contribution in [-0.2, 0) is 0 Å². The van der Waals surface area contributed by atoms with E-state index in [0.717, 1.165) is 35.2 Å². The topological polar surface area (TPSA) is 65.6 Å². The molecule has 0 bridgehead atoms. The van der Waals surface area contributed by atoms with Gasteiger partial charge in [0, 0.05) is 37.3 Å². The number of rotatable bonds is 4. The summed E-state index contributed by atoms with van der Waals surface area (Å²) < 4.78 is 6.13. The Kier molecular flexibility index (Phi) is 3.96. The van der Waals surface area contributed by atoms with E-state index in [0.29, 0.717) is 0 Å². The van der Waals surface area contributed by atoms with E-state index in [1.54, 1.807) is 6.07 Å². The van der Waals surface area contributed by atoms with Crippen molar-refractivity contribution in [3.8, 4) is 5.75 Å². The lowest BCUT2D eigenvalue weighted by Crippen LogP contribution is -2.19. The first-order chi connectivity index (χ1) is 10.5. The van der Waals surface area contributed by atoms with Gasteiger partial charge in [0.15, 0.2) is 0 Å². The molecule has 0 atom stereocenters. The summed E-state index contributed by atoms with van der Waals surface area (Å²) >= 11 is 0. The fourth-order valence-corrected chi connectivity index (χ4v) is 3.12. The third-order valence-electron chi connectivity index (χ3n) is 4.26. The minimum Gasteiger partial charge on any atom is -0.490 e. The van der Waals surface area contributed by atoms with Crippen LogP contribution in [0.5, 0.6) is 5.75 Å². The summed E-state index contributed by atoms with van der Waals surface area (Å²) in [4.78, 5) is 16.1. The van der Waals surface area contributed by atoms with Crippen LogP contribution in [-0.4, -0.2) is 36.3 Å². The van der Waals surface area contributed by atoms with Crippen molar-refractivity contribution in [1.29, 1.82) is 0 Å². The van der Waals surface area contributed by atoms with Gasteiger partial charge in [0.2, 0.25) is 0 Å². The van der Waals surface area contributed by atoms with Gasteiger partial charge in [-0.25, -0.2) is 4.79 Å². The minimum atomic E-state index is -0.948. The quantitative estimate of drug-likeness (QED) is 0.905. The van der Waals surface area contributed by atoms with Crippen LogP contribution in [0.2, 0.25) is 0 Å². The molecule has 1 saturated carbocycles. The largest absolute Gasteiger partial charge is 0.490 e. The van der Waals surface area contributed by atoms with Gasteiger partial charge in [-0.2, -0.15) is 0 Å². The fraction of sp³-hybridized carbons (Fsp3) is 0.471. The normalized spacial score (nSPS) is 15.9. The maximum atomic E-state index is 11.2. The fourth-order valence-electron chi connectivity index (χ4n) is 3.12. The molecular formula is C17H22N2O3. The van der Waals surface area contributed by atoms with Gasteiger partial charge >= 0.3 is 5.97 Å². The van der Waals surface area contributed by atoms with E-state index in [9.17, 15) is 4.79 Å². The van der Waals surface area contributed by atoms with Gasteiger partial charge in [0.05, 0.1) is 11.6 Å². The second-order valence-corrected chi connectivity index (χ2v) is 6.16. The van der Waals surface area contributed by atoms with Crippen LogP contribution in [0.3, 0.4) is 0 Å². The van der Waals surface area contributed by atoms with Crippen LogP contribution < -0.4 is 9.64 Å². The highest BCUT2D eigenvalue weighted by atomic mass is 16.5. The summed E-state index contributed by atoms with van der Waals surface area (Å²) in [6, 6.07) is 5.58. The summed E-state index contributed by atoms with van der Waals surface area (Å²) in [6.07, 6.45) is 6.20. The molecule has 5 heteroatoms. The van der Waals surface area contributed by atoms with Gasteiger partial charge < -0.3 is 19.7 Å². The van der Waals surface area contributed by atoms with Crippen LogP contribution in [0, 0.1) is 0 Å². The molecule has 2 aromatic rings. The summed E-state index contributed by atoms with van der Waals surface area (Å²) in [6.45, 7) is 0. The molecule has 1 aromatic carbocycles. The van der Waals surface area contributed by atoms with Crippen LogP contribution in [0.1, 0.15) is 42.6 Å². The number of aromatic nitrogens is 1. The summed E-state index contributed by atoms with van der Waals surface area (Å²) in [5.74, 6) is -0.141. The zero-order valence-electron chi connectivity index (χ0n) is 13.1. The molecule has 1 aromatic heterocycles. The molecule has 2 N–H and O–H groups in total. The van der Waals surface area contributed by atoms with Gasteiger partial charge in [-0.1, -0.05) is 6.42 Å².